The number of hydrogen-bond acceptors (Lipinski definition) is 3. The van der Waals surface area contributed by atoms with Gasteiger partial charge in [0, 0.05) is 23.7 Å². The number of ether oxygens (including phenoxy) is 1. The van der Waals surface area contributed by atoms with Crippen molar-refractivity contribution in [2.75, 3.05) is 13.7 Å². The Balaban J connectivity index is 1.47. The number of halogens is 1. The number of nitrogens with zero attached hydrogens (tertiary/aromatic N) is 1. The second-order valence-electron chi connectivity index (χ2n) is 7.72. The van der Waals surface area contributed by atoms with E-state index < -0.39 is 0 Å². The molecule has 1 amide bonds. The molecule has 1 aliphatic carbocycles. The zero-order chi connectivity index (χ0) is 20.2. The van der Waals surface area contributed by atoms with Crippen molar-refractivity contribution in [3.63, 3.8) is 0 Å². The first-order valence-electron chi connectivity index (χ1n) is 10.3. The van der Waals surface area contributed by atoms with Crippen LogP contribution in [0.25, 0.3) is 0 Å². The monoisotopic (exact) mass is 410 g/mol. The first kappa shape index (κ1) is 20.0. The molecule has 29 heavy (non-hydrogen) atoms. The summed E-state index contributed by atoms with van der Waals surface area (Å²) in [5.41, 5.74) is 4.71. The third kappa shape index (κ3) is 4.49. The summed E-state index contributed by atoms with van der Waals surface area (Å²) in [5.74, 6) is 1.06. The normalized spacial score (nSPS) is 18.9. The molecule has 5 heteroatoms. The van der Waals surface area contributed by atoms with Gasteiger partial charge in [0.1, 0.15) is 11.9 Å². The van der Waals surface area contributed by atoms with Gasteiger partial charge in [-0.2, -0.15) is 0 Å². The molecule has 1 aliphatic heterocycles. The maximum atomic E-state index is 13.1. The third-order valence-electron chi connectivity index (χ3n) is 5.88. The Morgan fingerprint density at radius 1 is 1.03 bits per heavy atom. The lowest BCUT2D eigenvalue weighted by molar-refractivity contribution is -0.127. The van der Waals surface area contributed by atoms with Gasteiger partial charge in [0.15, 0.2) is 0 Å². The second-order valence-corrected chi connectivity index (χ2v) is 8.15. The Kier molecular flexibility index (Phi) is 6.22. The maximum absolute atomic E-state index is 13.1. The van der Waals surface area contributed by atoms with E-state index in [2.05, 4.69) is 17.4 Å². The number of methoxy groups -OCH3 is 1. The van der Waals surface area contributed by atoms with Gasteiger partial charge in [-0.25, -0.2) is 0 Å². The van der Waals surface area contributed by atoms with Crippen LogP contribution in [0.15, 0.2) is 59.7 Å². The van der Waals surface area contributed by atoms with E-state index in [0.29, 0.717) is 6.54 Å². The largest absolute Gasteiger partial charge is 0.497 e. The van der Waals surface area contributed by atoms with Crippen molar-refractivity contribution in [3.05, 3.63) is 75.8 Å². The van der Waals surface area contributed by atoms with E-state index in [4.69, 9.17) is 16.3 Å². The number of carbonyl (C=O) groups excluding carboxylic acids is 1. The summed E-state index contributed by atoms with van der Waals surface area (Å²) in [6.07, 6.45) is 5.01. The summed E-state index contributed by atoms with van der Waals surface area (Å²) >= 11 is 6.00. The van der Waals surface area contributed by atoms with E-state index in [1.807, 2.05) is 41.3 Å². The Morgan fingerprint density at radius 3 is 2.45 bits per heavy atom. The molecule has 152 valence electrons. The topological polar surface area (TPSA) is 41.6 Å². The van der Waals surface area contributed by atoms with Gasteiger partial charge >= 0.3 is 0 Å². The van der Waals surface area contributed by atoms with Crippen LogP contribution in [0.1, 0.15) is 36.8 Å². The summed E-state index contributed by atoms with van der Waals surface area (Å²) in [6, 6.07) is 16.0. The molecule has 0 saturated heterocycles. The Hall–Kier alpha value is -2.30. The van der Waals surface area contributed by atoms with Crippen molar-refractivity contribution in [2.45, 2.75) is 44.8 Å². The lowest BCUT2D eigenvalue weighted by Gasteiger charge is -2.28. The first-order chi connectivity index (χ1) is 14.2. The lowest BCUT2D eigenvalue weighted by atomic mass is 9.92. The van der Waals surface area contributed by atoms with Crippen molar-refractivity contribution in [2.24, 2.45) is 0 Å². The second kappa shape index (κ2) is 9.02. The van der Waals surface area contributed by atoms with E-state index in [-0.39, 0.29) is 12.1 Å². The Bertz CT molecular complexity index is 890. The van der Waals surface area contributed by atoms with Gasteiger partial charge in [0.05, 0.1) is 7.11 Å². The number of rotatable bonds is 7. The fourth-order valence-electron chi connectivity index (χ4n) is 4.28. The van der Waals surface area contributed by atoms with Gasteiger partial charge in [0.2, 0.25) is 0 Å². The van der Waals surface area contributed by atoms with Crippen LogP contribution in [0.4, 0.5) is 0 Å². The average Bonchev–Trinajstić information content (AvgIpc) is 3.03. The predicted octanol–water partition coefficient (Wildman–Crippen LogP) is 4.72. The fourth-order valence-corrected chi connectivity index (χ4v) is 4.40. The fraction of sp³-hybridized carbons (Fsp3) is 0.375. The minimum absolute atomic E-state index is 0.00722. The van der Waals surface area contributed by atoms with Crippen molar-refractivity contribution in [1.82, 2.24) is 10.2 Å². The van der Waals surface area contributed by atoms with Crippen molar-refractivity contribution < 1.29 is 9.53 Å². The summed E-state index contributed by atoms with van der Waals surface area (Å²) < 4.78 is 5.24. The molecule has 4 nitrogen and oxygen atoms in total. The number of carbonyl (C=O) groups is 1. The quantitative estimate of drug-likeness (QED) is 0.718. The van der Waals surface area contributed by atoms with Crippen LogP contribution in [0.3, 0.4) is 0 Å². The van der Waals surface area contributed by atoms with Gasteiger partial charge in [-0.3, -0.25) is 10.1 Å². The molecule has 1 heterocycles. The van der Waals surface area contributed by atoms with E-state index in [1.54, 1.807) is 7.11 Å². The molecular formula is C24H27ClN2O2. The standard InChI is InChI=1S/C24H27ClN2O2/c1-29-20-12-8-18(9-13-20)16-26-23-21-4-2-3-5-22(21)24(28)27(23)15-14-17-6-10-19(25)11-7-17/h6-13,23,26H,2-5,14-16H2,1H3. The van der Waals surface area contributed by atoms with Crippen LogP contribution < -0.4 is 10.1 Å². The highest BCUT2D eigenvalue weighted by Crippen LogP contribution is 2.35. The highest BCUT2D eigenvalue weighted by atomic mass is 35.5. The van der Waals surface area contributed by atoms with Crippen LogP contribution in [-0.4, -0.2) is 30.6 Å². The molecule has 0 fully saturated rings. The summed E-state index contributed by atoms with van der Waals surface area (Å²) in [4.78, 5) is 15.1. The van der Waals surface area contributed by atoms with Crippen LogP contribution in [0.5, 0.6) is 5.75 Å². The minimum Gasteiger partial charge on any atom is -0.497 e. The number of nitrogens with one attached hydrogen (secondary N) is 1. The highest BCUT2D eigenvalue weighted by molar-refractivity contribution is 6.30. The molecule has 0 saturated carbocycles. The molecule has 0 spiro atoms. The molecule has 2 aromatic carbocycles. The SMILES string of the molecule is COc1ccc(CNC2C3=C(CCCC3)C(=O)N2CCc2ccc(Cl)cc2)cc1. The van der Waals surface area contributed by atoms with Crippen LogP contribution in [0.2, 0.25) is 5.02 Å². The molecule has 1 atom stereocenters. The van der Waals surface area contributed by atoms with Crippen LogP contribution >= 0.6 is 11.6 Å². The zero-order valence-electron chi connectivity index (χ0n) is 16.8. The van der Waals surface area contributed by atoms with E-state index >= 15 is 0 Å². The molecule has 1 N–H and O–H groups in total. The molecule has 1 unspecified atom stereocenters. The molecule has 0 radical (unpaired) electrons. The maximum Gasteiger partial charge on any atom is 0.251 e. The Morgan fingerprint density at radius 2 is 1.72 bits per heavy atom. The van der Waals surface area contributed by atoms with Gasteiger partial charge in [-0.1, -0.05) is 35.9 Å². The van der Waals surface area contributed by atoms with Gasteiger partial charge in [-0.15, -0.1) is 0 Å². The predicted molar refractivity (Wildman–Crippen MR) is 116 cm³/mol. The molecular weight excluding hydrogens is 384 g/mol. The van der Waals surface area contributed by atoms with E-state index in [1.165, 1.54) is 16.7 Å². The van der Waals surface area contributed by atoms with Gasteiger partial charge in [0.25, 0.3) is 5.91 Å². The number of amides is 1. The van der Waals surface area contributed by atoms with E-state index in [9.17, 15) is 4.79 Å². The number of hydrogen-bond donors (Lipinski definition) is 1. The Labute approximate surface area is 177 Å². The average molecular weight is 411 g/mol. The number of benzene rings is 2. The van der Waals surface area contributed by atoms with Crippen LogP contribution in [0, 0.1) is 0 Å². The van der Waals surface area contributed by atoms with Gasteiger partial charge < -0.3 is 9.64 Å². The molecule has 0 bridgehead atoms. The van der Waals surface area contributed by atoms with Gasteiger partial charge in [-0.05, 0) is 73.1 Å². The molecule has 2 aromatic rings. The summed E-state index contributed by atoms with van der Waals surface area (Å²) in [6.45, 7) is 1.42. The highest BCUT2D eigenvalue weighted by Gasteiger charge is 2.39. The molecule has 4 rings (SSSR count). The first-order valence-corrected chi connectivity index (χ1v) is 10.7. The van der Waals surface area contributed by atoms with Crippen LogP contribution in [-0.2, 0) is 17.8 Å². The zero-order valence-corrected chi connectivity index (χ0v) is 17.5. The van der Waals surface area contributed by atoms with Crippen molar-refractivity contribution in [3.8, 4) is 5.75 Å². The smallest absolute Gasteiger partial charge is 0.251 e. The molecule has 2 aliphatic rings. The van der Waals surface area contributed by atoms with E-state index in [0.717, 1.165) is 55.0 Å². The van der Waals surface area contributed by atoms with Crippen molar-refractivity contribution in [1.29, 1.82) is 0 Å². The summed E-state index contributed by atoms with van der Waals surface area (Å²) in [5, 5.41) is 4.38. The lowest BCUT2D eigenvalue weighted by Crippen LogP contribution is -2.46. The third-order valence-corrected chi connectivity index (χ3v) is 6.14. The minimum atomic E-state index is -0.00722. The van der Waals surface area contributed by atoms with Crippen molar-refractivity contribution >= 4 is 17.5 Å². The molecule has 0 aromatic heterocycles. The summed E-state index contributed by atoms with van der Waals surface area (Å²) in [7, 11) is 1.67.